The SMILES string of the molecule is CCN(CC)S(=O)(=O)c1cc(C(=O)NN(C)c2ccccc2)n(C)c1. The number of benzene rings is 1. The van der Waals surface area contributed by atoms with E-state index in [2.05, 4.69) is 5.43 Å². The van der Waals surface area contributed by atoms with E-state index in [0.29, 0.717) is 13.1 Å². The average Bonchev–Trinajstić information content (AvgIpc) is 2.99. The summed E-state index contributed by atoms with van der Waals surface area (Å²) in [6, 6.07) is 10.8. The number of hydrogen-bond acceptors (Lipinski definition) is 4. The highest BCUT2D eigenvalue weighted by Gasteiger charge is 2.25. The average molecular weight is 364 g/mol. The molecular formula is C17H24N4O3S. The molecule has 25 heavy (non-hydrogen) atoms. The summed E-state index contributed by atoms with van der Waals surface area (Å²) in [5.41, 5.74) is 3.83. The lowest BCUT2D eigenvalue weighted by atomic mass is 10.3. The Balaban J connectivity index is 2.23. The molecule has 0 radical (unpaired) electrons. The molecule has 0 unspecified atom stereocenters. The molecule has 1 N–H and O–H groups in total. The first kappa shape index (κ1) is 19.0. The molecule has 1 heterocycles. The summed E-state index contributed by atoms with van der Waals surface area (Å²) in [4.78, 5) is 12.6. The van der Waals surface area contributed by atoms with Crippen LogP contribution in [0.4, 0.5) is 5.69 Å². The number of amides is 1. The Hall–Kier alpha value is -2.32. The molecule has 0 spiro atoms. The lowest BCUT2D eigenvalue weighted by Gasteiger charge is -2.20. The minimum absolute atomic E-state index is 0.117. The molecule has 0 fully saturated rings. The Morgan fingerprint density at radius 3 is 2.32 bits per heavy atom. The smallest absolute Gasteiger partial charge is 0.286 e. The van der Waals surface area contributed by atoms with Crippen molar-refractivity contribution in [3.8, 4) is 0 Å². The molecule has 0 aliphatic rings. The van der Waals surface area contributed by atoms with Gasteiger partial charge in [-0.25, -0.2) is 8.42 Å². The number of rotatable bonds is 7. The topological polar surface area (TPSA) is 74.7 Å². The fourth-order valence-electron chi connectivity index (χ4n) is 2.54. The number of hydrogen-bond donors (Lipinski definition) is 1. The van der Waals surface area contributed by atoms with Crippen molar-refractivity contribution in [2.45, 2.75) is 18.7 Å². The summed E-state index contributed by atoms with van der Waals surface area (Å²) < 4.78 is 28.1. The zero-order chi connectivity index (χ0) is 18.6. The van der Waals surface area contributed by atoms with Gasteiger partial charge < -0.3 is 4.57 Å². The predicted octanol–water partition coefficient (Wildman–Crippen LogP) is 1.84. The van der Waals surface area contributed by atoms with Crippen LogP contribution in [0.25, 0.3) is 0 Å². The van der Waals surface area contributed by atoms with Crippen LogP contribution >= 0.6 is 0 Å². The van der Waals surface area contributed by atoms with E-state index in [-0.39, 0.29) is 16.5 Å². The van der Waals surface area contributed by atoms with Gasteiger partial charge in [-0.05, 0) is 18.2 Å². The molecule has 7 nitrogen and oxygen atoms in total. The van der Waals surface area contributed by atoms with E-state index in [4.69, 9.17) is 0 Å². The van der Waals surface area contributed by atoms with Crippen molar-refractivity contribution in [2.75, 3.05) is 25.1 Å². The summed E-state index contributed by atoms with van der Waals surface area (Å²) in [7, 11) is -0.221. The molecule has 136 valence electrons. The van der Waals surface area contributed by atoms with E-state index in [1.54, 1.807) is 33.0 Å². The summed E-state index contributed by atoms with van der Waals surface area (Å²) in [6.45, 7) is 4.33. The second-order valence-electron chi connectivity index (χ2n) is 5.60. The third-order valence-corrected chi connectivity index (χ3v) is 5.98. The van der Waals surface area contributed by atoms with Crippen molar-refractivity contribution in [1.82, 2.24) is 14.3 Å². The van der Waals surface area contributed by atoms with Crippen LogP contribution in [0.3, 0.4) is 0 Å². The third kappa shape index (κ3) is 4.02. The number of aromatic nitrogens is 1. The van der Waals surface area contributed by atoms with Crippen LogP contribution < -0.4 is 10.4 Å². The van der Waals surface area contributed by atoms with Gasteiger partial charge in [-0.3, -0.25) is 15.2 Å². The van der Waals surface area contributed by atoms with Gasteiger partial charge in [-0.15, -0.1) is 0 Å². The maximum atomic E-state index is 12.6. The quantitative estimate of drug-likeness (QED) is 0.761. The molecule has 0 bridgehead atoms. The van der Waals surface area contributed by atoms with Crippen LogP contribution in [-0.4, -0.2) is 43.3 Å². The van der Waals surface area contributed by atoms with Crippen LogP contribution in [0.1, 0.15) is 24.3 Å². The van der Waals surface area contributed by atoms with Crippen molar-refractivity contribution in [3.05, 3.63) is 48.3 Å². The molecule has 1 aromatic carbocycles. The summed E-state index contributed by atoms with van der Waals surface area (Å²) in [6.07, 6.45) is 1.46. The van der Waals surface area contributed by atoms with E-state index >= 15 is 0 Å². The standard InChI is InChI=1S/C17H24N4O3S/c1-5-21(6-2)25(23,24)15-12-16(19(3)13-15)17(22)18-20(4)14-10-8-7-9-11-14/h7-13H,5-6H2,1-4H3,(H,18,22). The van der Waals surface area contributed by atoms with E-state index < -0.39 is 10.0 Å². The van der Waals surface area contributed by atoms with Crippen molar-refractivity contribution in [2.24, 2.45) is 7.05 Å². The highest BCUT2D eigenvalue weighted by Crippen LogP contribution is 2.19. The number of carbonyl (C=O) groups excluding carboxylic acids is 1. The lowest BCUT2D eigenvalue weighted by molar-refractivity contribution is 0.0943. The Morgan fingerprint density at radius 2 is 1.76 bits per heavy atom. The monoisotopic (exact) mass is 364 g/mol. The highest BCUT2D eigenvalue weighted by molar-refractivity contribution is 7.89. The van der Waals surface area contributed by atoms with E-state index in [1.807, 2.05) is 30.3 Å². The van der Waals surface area contributed by atoms with Crippen LogP contribution in [0.15, 0.2) is 47.5 Å². The van der Waals surface area contributed by atoms with Gasteiger partial charge in [0.25, 0.3) is 5.91 Å². The van der Waals surface area contributed by atoms with Gasteiger partial charge >= 0.3 is 0 Å². The number of hydrazine groups is 1. The molecule has 2 aromatic rings. The summed E-state index contributed by atoms with van der Waals surface area (Å²) in [5.74, 6) is -0.380. The van der Waals surface area contributed by atoms with E-state index in [1.165, 1.54) is 21.1 Å². The van der Waals surface area contributed by atoms with E-state index in [9.17, 15) is 13.2 Å². The fourth-order valence-corrected chi connectivity index (χ4v) is 4.07. The normalized spacial score (nSPS) is 11.6. The van der Waals surface area contributed by atoms with Crippen molar-refractivity contribution in [1.29, 1.82) is 0 Å². The first-order chi connectivity index (χ1) is 11.8. The zero-order valence-corrected chi connectivity index (χ0v) is 15.7. The lowest BCUT2D eigenvalue weighted by Crippen LogP contribution is -2.40. The van der Waals surface area contributed by atoms with Crippen molar-refractivity contribution < 1.29 is 13.2 Å². The predicted molar refractivity (Wildman–Crippen MR) is 97.8 cm³/mol. The van der Waals surface area contributed by atoms with Gasteiger partial charge in [0.1, 0.15) is 10.6 Å². The summed E-state index contributed by atoms with van der Waals surface area (Å²) >= 11 is 0. The van der Waals surface area contributed by atoms with Gasteiger partial charge in [0.2, 0.25) is 10.0 Å². The number of sulfonamides is 1. The van der Waals surface area contributed by atoms with Crippen molar-refractivity contribution in [3.63, 3.8) is 0 Å². The Morgan fingerprint density at radius 1 is 1.16 bits per heavy atom. The largest absolute Gasteiger partial charge is 0.345 e. The molecule has 0 saturated heterocycles. The van der Waals surface area contributed by atoms with Crippen molar-refractivity contribution >= 4 is 21.6 Å². The first-order valence-corrected chi connectivity index (χ1v) is 9.51. The minimum atomic E-state index is -3.60. The molecular weight excluding hydrogens is 340 g/mol. The number of anilines is 1. The number of nitrogens with one attached hydrogen (secondary N) is 1. The number of nitrogens with zero attached hydrogens (tertiary/aromatic N) is 3. The van der Waals surface area contributed by atoms with Gasteiger partial charge in [0, 0.05) is 33.4 Å². The zero-order valence-electron chi connectivity index (χ0n) is 14.9. The molecule has 2 rings (SSSR count). The maximum absolute atomic E-state index is 12.6. The Kier molecular flexibility index (Phi) is 5.86. The second-order valence-corrected chi connectivity index (χ2v) is 7.53. The van der Waals surface area contributed by atoms with Gasteiger partial charge in [-0.2, -0.15) is 4.31 Å². The highest BCUT2D eigenvalue weighted by atomic mass is 32.2. The maximum Gasteiger partial charge on any atom is 0.286 e. The second kappa shape index (κ2) is 7.71. The Bertz CT molecular complexity index is 827. The van der Waals surface area contributed by atoms with Crippen LogP contribution in [0, 0.1) is 0 Å². The molecule has 1 aromatic heterocycles. The molecule has 8 heteroatoms. The minimum Gasteiger partial charge on any atom is -0.345 e. The van der Waals surface area contributed by atoms with Crippen LogP contribution in [-0.2, 0) is 17.1 Å². The van der Waals surface area contributed by atoms with Gasteiger partial charge in [0.05, 0.1) is 5.69 Å². The van der Waals surface area contributed by atoms with Crippen LogP contribution in [0.2, 0.25) is 0 Å². The number of aryl methyl sites for hydroxylation is 1. The van der Waals surface area contributed by atoms with Gasteiger partial charge in [0.15, 0.2) is 0 Å². The Labute approximate surface area is 148 Å². The molecule has 0 aliphatic carbocycles. The molecule has 0 aliphatic heterocycles. The fraction of sp³-hybridized carbons (Fsp3) is 0.353. The molecule has 0 atom stereocenters. The van der Waals surface area contributed by atoms with E-state index in [0.717, 1.165) is 5.69 Å². The first-order valence-electron chi connectivity index (χ1n) is 8.07. The van der Waals surface area contributed by atoms with Crippen LogP contribution in [0.5, 0.6) is 0 Å². The van der Waals surface area contributed by atoms with Gasteiger partial charge in [-0.1, -0.05) is 32.0 Å². The number of para-hydroxylation sites is 1. The molecule has 1 amide bonds. The number of carbonyl (C=O) groups is 1. The molecule has 0 saturated carbocycles. The third-order valence-electron chi connectivity index (χ3n) is 3.97. The summed E-state index contributed by atoms with van der Waals surface area (Å²) in [5, 5.41) is 1.59.